The van der Waals surface area contributed by atoms with E-state index in [1.807, 2.05) is 19.9 Å². The highest BCUT2D eigenvalue weighted by molar-refractivity contribution is 7.89. The SMILES string of the molecule is Cc1ccc(S(=O)(=O)NCCC[NH+]2CCOCC2)cc1C. The fourth-order valence-electron chi connectivity index (χ4n) is 2.42. The van der Waals surface area contributed by atoms with E-state index in [1.165, 1.54) is 4.90 Å². The van der Waals surface area contributed by atoms with Gasteiger partial charge in [0.25, 0.3) is 0 Å². The van der Waals surface area contributed by atoms with Crippen LogP contribution in [0, 0.1) is 13.8 Å². The summed E-state index contributed by atoms with van der Waals surface area (Å²) in [7, 11) is -3.39. The zero-order valence-electron chi connectivity index (χ0n) is 12.8. The summed E-state index contributed by atoms with van der Waals surface area (Å²) >= 11 is 0. The summed E-state index contributed by atoms with van der Waals surface area (Å²) in [6.07, 6.45) is 0.847. The zero-order chi connectivity index (χ0) is 15.3. The molecule has 1 heterocycles. The van der Waals surface area contributed by atoms with Crippen LogP contribution in [0.4, 0.5) is 0 Å². The standard InChI is InChI=1S/C15H24N2O3S/c1-13-4-5-15(12-14(13)2)21(18,19)16-6-3-7-17-8-10-20-11-9-17/h4-5,12,16H,3,6-11H2,1-2H3/p+1. The minimum Gasteiger partial charge on any atom is -0.370 e. The second-order valence-corrected chi connectivity index (χ2v) is 7.38. The number of ether oxygens (including phenoxy) is 1. The molecule has 21 heavy (non-hydrogen) atoms. The van der Waals surface area contributed by atoms with Crippen molar-refractivity contribution in [1.82, 2.24) is 4.72 Å². The van der Waals surface area contributed by atoms with Crippen molar-refractivity contribution >= 4 is 10.0 Å². The van der Waals surface area contributed by atoms with Crippen LogP contribution in [0.2, 0.25) is 0 Å². The molecule has 0 aliphatic carbocycles. The van der Waals surface area contributed by atoms with Crippen molar-refractivity contribution in [3.8, 4) is 0 Å². The predicted molar refractivity (Wildman–Crippen MR) is 82.1 cm³/mol. The topological polar surface area (TPSA) is 59.8 Å². The van der Waals surface area contributed by atoms with Crippen LogP contribution in [-0.2, 0) is 14.8 Å². The molecule has 0 saturated carbocycles. The van der Waals surface area contributed by atoms with Gasteiger partial charge >= 0.3 is 0 Å². The molecule has 2 N–H and O–H groups in total. The van der Waals surface area contributed by atoms with Gasteiger partial charge in [0.2, 0.25) is 10.0 Å². The van der Waals surface area contributed by atoms with Crippen LogP contribution in [0.15, 0.2) is 23.1 Å². The number of hydrogen-bond donors (Lipinski definition) is 2. The molecule has 0 radical (unpaired) electrons. The fraction of sp³-hybridized carbons (Fsp3) is 0.600. The van der Waals surface area contributed by atoms with Crippen LogP contribution in [0.1, 0.15) is 17.5 Å². The first-order chi connectivity index (χ1) is 9.99. The van der Waals surface area contributed by atoms with Crippen molar-refractivity contribution in [3.05, 3.63) is 29.3 Å². The van der Waals surface area contributed by atoms with Crippen molar-refractivity contribution in [1.29, 1.82) is 0 Å². The van der Waals surface area contributed by atoms with Crippen LogP contribution in [0.25, 0.3) is 0 Å². The number of rotatable bonds is 6. The molecule has 0 amide bonds. The first-order valence-corrected chi connectivity index (χ1v) is 8.95. The van der Waals surface area contributed by atoms with Crippen molar-refractivity contribution in [2.24, 2.45) is 0 Å². The third-order valence-corrected chi connectivity index (χ3v) is 5.45. The smallest absolute Gasteiger partial charge is 0.240 e. The molecule has 2 rings (SSSR count). The van der Waals surface area contributed by atoms with Gasteiger partial charge in [-0.05, 0) is 37.1 Å². The summed E-state index contributed by atoms with van der Waals surface area (Å²) in [4.78, 5) is 1.84. The van der Waals surface area contributed by atoms with Gasteiger partial charge in [-0.15, -0.1) is 0 Å². The molecule has 118 valence electrons. The summed E-state index contributed by atoms with van der Waals surface area (Å²) in [6, 6.07) is 5.24. The first kappa shape index (κ1) is 16.4. The number of hydrogen-bond acceptors (Lipinski definition) is 3. The van der Waals surface area contributed by atoms with Gasteiger partial charge in [0.05, 0.1) is 24.7 Å². The second-order valence-electron chi connectivity index (χ2n) is 5.61. The third kappa shape index (κ3) is 4.78. The van der Waals surface area contributed by atoms with E-state index in [4.69, 9.17) is 4.74 Å². The van der Waals surface area contributed by atoms with Crippen LogP contribution in [-0.4, -0.2) is 47.8 Å². The van der Waals surface area contributed by atoms with Crippen LogP contribution in [0.3, 0.4) is 0 Å². The largest absolute Gasteiger partial charge is 0.370 e. The third-order valence-electron chi connectivity index (χ3n) is 3.99. The Labute approximate surface area is 127 Å². The highest BCUT2D eigenvalue weighted by Gasteiger charge is 2.16. The van der Waals surface area contributed by atoms with E-state index in [-0.39, 0.29) is 0 Å². The van der Waals surface area contributed by atoms with Gasteiger partial charge in [-0.2, -0.15) is 0 Å². The Bertz CT molecular complexity index is 566. The first-order valence-electron chi connectivity index (χ1n) is 7.47. The molecular formula is C15H25N2O3S+. The molecule has 1 aliphatic rings. The summed E-state index contributed by atoms with van der Waals surface area (Å²) in [5, 5.41) is 0. The Morgan fingerprint density at radius 2 is 1.90 bits per heavy atom. The quantitative estimate of drug-likeness (QED) is 0.720. The molecular weight excluding hydrogens is 288 g/mol. The lowest BCUT2D eigenvalue weighted by atomic mass is 10.1. The van der Waals surface area contributed by atoms with Gasteiger partial charge in [0.1, 0.15) is 13.1 Å². The van der Waals surface area contributed by atoms with Gasteiger partial charge in [-0.1, -0.05) is 6.07 Å². The van der Waals surface area contributed by atoms with E-state index in [9.17, 15) is 8.42 Å². The molecule has 1 aromatic carbocycles. The average molecular weight is 313 g/mol. The molecule has 0 bridgehead atoms. The van der Waals surface area contributed by atoms with Gasteiger partial charge in [0, 0.05) is 13.0 Å². The Morgan fingerprint density at radius 1 is 1.19 bits per heavy atom. The van der Waals surface area contributed by atoms with Gasteiger partial charge in [-0.3, -0.25) is 0 Å². The summed E-state index contributed by atoms with van der Waals surface area (Å²) < 4.78 is 32.4. The van der Waals surface area contributed by atoms with Crippen molar-refractivity contribution < 1.29 is 18.1 Å². The van der Waals surface area contributed by atoms with Crippen LogP contribution in [0.5, 0.6) is 0 Å². The number of aryl methyl sites for hydroxylation is 2. The normalized spacial score (nSPS) is 17.0. The molecule has 0 aromatic heterocycles. The lowest BCUT2D eigenvalue weighted by Crippen LogP contribution is -3.14. The minimum absolute atomic E-state index is 0.351. The average Bonchev–Trinajstić information content (AvgIpc) is 2.47. The Balaban J connectivity index is 1.82. The molecule has 0 atom stereocenters. The molecule has 6 heteroatoms. The monoisotopic (exact) mass is 313 g/mol. The zero-order valence-corrected chi connectivity index (χ0v) is 13.6. The molecule has 5 nitrogen and oxygen atoms in total. The van der Waals surface area contributed by atoms with E-state index >= 15 is 0 Å². The van der Waals surface area contributed by atoms with Gasteiger partial charge in [-0.25, -0.2) is 13.1 Å². The van der Waals surface area contributed by atoms with E-state index in [0.29, 0.717) is 11.4 Å². The van der Waals surface area contributed by atoms with Gasteiger partial charge < -0.3 is 9.64 Å². The molecule has 1 aliphatic heterocycles. The summed E-state index contributed by atoms with van der Waals surface area (Å²) in [6.45, 7) is 9.03. The van der Waals surface area contributed by atoms with Crippen LogP contribution >= 0.6 is 0 Å². The van der Waals surface area contributed by atoms with Gasteiger partial charge in [0.15, 0.2) is 0 Å². The highest BCUT2D eigenvalue weighted by atomic mass is 32.2. The maximum absolute atomic E-state index is 12.2. The van der Waals surface area contributed by atoms with Crippen molar-refractivity contribution in [3.63, 3.8) is 0 Å². The molecule has 1 fully saturated rings. The molecule has 1 saturated heterocycles. The van der Waals surface area contributed by atoms with Crippen LogP contribution < -0.4 is 9.62 Å². The Morgan fingerprint density at radius 3 is 2.57 bits per heavy atom. The Hall–Kier alpha value is -0.950. The minimum atomic E-state index is -3.39. The summed E-state index contributed by atoms with van der Waals surface area (Å²) in [5.41, 5.74) is 2.10. The predicted octanol–water partition coefficient (Wildman–Crippen LogP) is -0.113. The maximum atomic E-state index is 12.2. The number of sulfonamides is 1. The maximum Gasteiger partial charge on any atom is 0.240 e. The summed E-state index contributed by atoms with van der Waals surface area (Å²) in [5.74, 6) is 0. The number of morpholine rings is 1. The number of benzene rings is 1. The number of quaternary nitrogens is 1. The van der Waals surface area contributed by atoms with E-state index in [2.05, 4.69) is 4.72 Å². The molecule has 0 unspecified atom stereocenters. The van der Waals surface area contributed by atoms with Crippen molar-refractivity contribution in [2.75, 3.05) is 39.4 Å². The van der Waals surface area contributed by atoms with E-state index in [0.717, 1.165) is 50.4 Å². The van der Waals surface area contributed by atoms with E-state index in [1.54, 1.807) is 12.1 Å². The highest BCUT2D eigenvalue weighted by Crippen LogP contribution is 2.14. The Kier molecular flexibility index (Phi) is 5.75. The second kappa shape index (κ2) is 7.35. The van der Waals surface area contributed by atoms with Crippen molar-refractivity contribution in [2.45, 2.75) is 25.2 Å². The van der Waals surface area contributed by atoms with E-state index < -0.39 is 10.0 Å². The lowest BCUT2D eigenvalue weighted by Gasteiger charge is -2.23. The molecule has 0 spiro atoms. The molecule has 1 aromatic rings. The number of nitrogens with one attached hydrogen (secondary N) is 2. The fourth-order valence-corrected chi connectivity index (χ4v) is 3.58. The lowest BCUT2D eigenvalue weighted by molar-refractivity contribution is -0.908.